The number of carboxylic acid groups (broad SMARTS) is 2. The fraction of sp³-hybridized carbons (Fsp3) is 0.100. The van der Waals surface area contributed by atoms with Gasteiger partial charge >= 0.3 is 11.9 Å². The molecule has 6 nitrogen and oxygen atoms in total. The fourth-order valence-electron chi connectivity index (χ4n) is 2.99. The Balaban J connectivity index is 1.98. The van der Waals surface area contributed by atoms with E-state index in [0.29, 0.717) is 16.7 Å². The molecule has 2 aromatic rings. The molecular weight excluding hydrogens is 336 g/mol. The highest BCUT2D eigenvalue weighted by Gasteiger charge is 2.40. The van der Waals surface area contributed by atoms with E-state index in [1.807, 2.05) is 0 Å². The van der Waals surface area contributed by atoms with Gasteiger partial charge in [0.15, 0.2) is 0 Å². The molecule has 132 valence electrons. The number of hydrogen-bond donors (Lipinski definition) is 4. The van der Waals surface area contributed by atoms with Crippen molar-refractivity contribution in [3.05, 3.63) is 77.9 Å². The lowest BCUT2D eigenvalue weighted by molar-refractivity contribution is -0.146. The van der Waals surface area contributed by atoms with E-state index < -0.39 is 23.5 Å². The molecule has 0 saturated heterocycles. The van der Waals surface area contributed by atoms with E-state index in [1.165, 1.54) is 24.3 Å². The molecule has 26 heavy (non-hydrogen) atoms. The summed E-state index contributed by atoms with van der Waals surface area (Å²) in [5, 5.41) is 38.9. The number of carboxylic acids is 2. The van der Waals surface area contributed by atoms with Gasteiger partial charge in [0.05, 0.1) is 0 Å². The van der Waals surface area contributed by atoms with Crippen LogP contribution in [0.25, 0.3) is 11.1 Å². The third-order valence-corrected chi connectivity index (χ3v) is 4.41. The molecule has 0 amide bonds. The van der Waals surface area contributed by atoms with Gasteiger partial charge in [-0.05, 0) is 34.9 Å². The van der Waals surface area contributed by atoms with E-state index in [-0.39, 0.29) is 11.3 Å². The van der Waals surface area contributed by atoms with Crippen molar-refractivity contribution in [1.82, 2.24) is 0 Å². The number of carbonyl (C=O) groups is 2. The van der Waals surface area contributed by atoms with Gasteiger partial charge in [-0.3, -0.25) is 4.79 Å². The van der Waals surface area contributed by atoms with Crippen LogP contribution in [-0.2, 0) is 10.4 Å². The summed E-state index contributed by atoms with van der Waals surface area (Å²) in [5.41, 5.74) is -0.224. The standard InChI is InChI=1S/C20H16O6/c21-17-9-6-13(11-15(17)18(22)23)12-4-7-14(8-5-12)20(26)10-2-1-3-16(20)19(24)25/h1-11,16,21,26H,(H,22,23)(H,24,25). The van der Waals surface area contributed by atoms with Gasteiger partial charge < -0.3 is 20.4 Å². The second kappa shape index (κ2) is 6.50. The number of aliphatic hydroxyl groups is 1. The van der Waals surface area contributed by atoms with Gasteiger partial charge in [-0.1, -0.05) is 48.6 Å². The zero-order valence-corrected chi connectivity index (χ0v) is 13.5. The van der Waals surface area contributed by atoms with Gasteiger partial charge in [0.2, 0.25) is 0 Å². The first-order chi connectivity index (χ1) is 12.3. The average Bonchev–Trinajstić information content (AvgIpc) is 2.62. The van der Waals surface area contributed by atoms with Crippen LogP contribution in [0.5, 0.6) is 5.75 Å². The Kier molecular flexibility index (Phi) is 4.36. The molecule has 0 fully saturated rings. The van der Waals surface area contributed by atoms with Gasteiger partial charge in [0.1, 0.15) is 22.8 Å². The summed E-state index contributed by atoms with van der Waals surface area (Å²) in [7, 11) is 0. The Labute approximate surface area is 149 Å². The van der Waals surface area contributed by atoms with Crippen molar-refractivity contribution in [1.29, 1.82) is 0 Å². The fourth-order valence-corrected chi connectivity index (χ4v) is 2.99. The molecule has 3 rings (SSSR count). The van der Waals surface area contributed by atoms with Crippen LogP contribution in [0.1, 0.15) is 15.9 Å². The molecule has 0 spiro atoms. The lowest BCUT2D eigenvalue weighted by Gasteiger charge is -2.31. The predicted molar refractivity (Wildman–Crippen MR) is 93.8 cm³/mol. The highest BCUT2D eigenvalue weighted by atomic mass is 16.4. The lowest BCUT2D eigenvalue weighted by Crippen LogP contribution is -2.38. The maximum Gasteiger partial charge on any atom is 0.339 e. The van der Waals surface area contributed by atoms with Crippen LogP contribution in [-0.4, -0.2) is 32.4 Å². The summed E-state index contributed by atoms with van der Waals surface area (Å²) in [5.74, 6) is -3.80. The number of aromatic hydroxyl groups is 1. The largest absolute Gasteiger partial charge is 0.507 e. The molecule has 2 aromatic carbocycles. The molecule has 4 N–H and O–H groups in total. The number of phenols is 1. The highest BCUT2D eigenvalue weighted by Crippen LogP contribution is 2.36. The van der Waals surface area contributed by atoms with Gasteiger partial charge in [0.25, 0.3) is 0 Å². The summed E-state index contributed by atoms with van der Waals surface area (Å²) in [6.07, 6.45) is 6.02. The van der Waals surface area contributed by atoms with Crippen molar-refractivity contribution in [2.75, 3.05) is 0 Å². The van der Waals surface area contributed by atoms with E-state index in [9.17, 15) is 24.9 Å². The monoisotopic (exact) mass is 352 g/mol. The third-order valence-electron chi connectivity index (χ3n) is 4.41. The van der Waals surface area contributed by atoms with E-state index in [0.717, 1.165) is 0 Å². The smallest absolute Gasteiger partial charge is 0.339 e. The minimum Gasteiger partial charge on any atom is -0.507 e. The Morgan fingerprint density at radius 2 is 1.58 bits per heavy atom. The lowest BCUT2D eigenvalue weighted by atomic mass is 9.78. The van der Waals surface area contributed by atoms with Crippen LogP contribution in [0.2, 0.25) is 0 Å². The second-order valence-corrected chi connectivity index (χ2v) is 6.00. The molecule has 6 heteroatoms. The number of rotatable bonds is 4. The normalized spacial score (nSPS) is 21.5. The minimum absolute atomic E-state index is 0.212. The van der Waals surface area contributed by atoms with Gasteiger partial charge in [-0.2, -0.15) is 0 Å². The van der Waals surface area contributed by atoms with Crippen molar-refractivity contribution >= 4 is 11.9 Å². The molecule has 2 atom stereocenters. The Bertz CT molecular complexity index is 926. The SMILES string of the molecule is O=C(O)c1cc(-c2ccc(C3(O)C=CC=CC3C(=O)O)cc2)ccc1O. The number of aromatic carboxylic acids is 1. The maximum atomic E-state index is 11.4. The summed E-state index contributed by atoms with van der Waals surface area (Å²) >= 11 is 0. The van der Waals surface area contributed by atoms with Crippen LogP contribution < -0.4 is 0 Å². The quantitative estimate of drug-likeness (QED) is 0.673. The second-order valence-electron chi connectivity index (χ2n) is 6.00. The number of aliphatic carboxylic acids is 1. The molecule has 1 aliphatic carbocycles. The van der Waals surface area contributed by atoms with E-state index >= 15 is 0 Å². The predicted octanol–water partition coefficient (Wildman–Crippen LogP) is 2.77. The van der Waals surface area contributed by atoms with Crippen LogP contribution >= 0.6 is 0 Å². The number of allylic oxidation sites excluding steroid dienone is 2. The Morgan fingerprint density at radius 3 is 2.19 bits per heavy atom. The molecule has 0 bridgehead atoms. The topological polar surface area (TPSA) is 115 Å². The third kappa shape index (κ3) is 2.98. The molecule has 0 aromatic heterocycles. The summed E-state index contributed by atoms with van der Waals surface area (Å²) in [6.45, 7) is 0. The highest BCUT2D eigenvalue weighted by molar-refractivity contribution is 5.92. The summed E-state index contributed by atoms with van der Waals surface area (Å²) < 4.78 is 0. The number of benzene rings is 2. The van der Waals surface area contributed by atoms with Gasteiger partial charge in [0, 0.05) is 0 Å². The summed E-state index contributed by atoms with van der Waals surface area (Å²) in [4.78, 5) is 22.6. The van der Waals surface area contributed by atoms with Crippen LogP contribution in [0.3, 0.4) is 0 Å². The zero-order chi connectivity index (χ0) is 18.9. The Hall–Kier alpha value is -3.38. The first-order valence-electron chi connectivity index (χ1n) is 7.81. The first kappa shape index (κ1) is 17.4. The molecule has 0 heterocycles. The molecule has 0 saturated carbocycles. The van der Waals surface area contributed by atoms with E-state index in [2.05, 4.69) is 0 Å². The average molecular weight is 352 g/mol. The van der Waals surface area contributed by atoms with Crippen molar-refractivity contribution in [3.8, 4) is 16.9 Å². The van der Waals surface area contributed by atoms with E-state index in [4.69, 9.17) is 5.11 Å². The van der Waals surface area contributed by atoms with Crippen molar-refractivity contribution in [2.24, 2.45) is 5.92 Å². The van der Waals surface area contributed by atoms with Crippen LogP contribution in [0.15, 0.2) is 66.8 Å². The van der Waals surface area contributed by atoms with E-state index in [1.54, 1.807) is 42.5 Å². The van der Waals surface area contributed by atoms with Crippen molar-refractivity contribution in [2.45, 2.75) is 5.60 Å². The summed E-state index contributed by atoms with van der Waals surface area (Å²) in [6, 6.07) is 10.8. The minimum atomic E-state index is -1.67. The Morgan fingerprint density at radius 1 is 0.923 bits per heavy atom. The van der Waals surface area contributed by atoms with Crippen molar-refractivity contribution < 1.29 is 30.0 Å². The zero-order valence-electron chi connectivity index (χ0n) is 13.5. The maximum absolute atomic E-state index is 11.4. The first-order valence-corrected chi connectivity index (χ1v) is 7.81. The molecule has 0 aliphatic heterocycles. The number of hydrogen-bond acceptors (Lipinski definition) is 4. The molecule has 0 radical (unpaired) electrons. The molecular formula is C20H16O6. The van der Waals surface area contributed by atoms with Gasteiger partial charge in [-0.25, -0.2) is 4.79 Å². The van der Waals surface area contributed by atoms with Gasteiger partial charge in [-0.15, -0.1) is 0 Å². The molecule has 2 unspecified atom stereocenters. The van der Waals surface area contributed by atoms with Crippen LogP contribution in [0, 0.1) is 5.92 Å². The van der Waals surface area contributed by atoms with Crippen molar-refractivity contribution in [3.63, 3.8) is 0 Å². The molecule has 1 aliphatic rings. The van der Waals surface area contributed by atoms with Crippen LogP contribution in [0.4, 0.5) is 0 Å².